The molecule has 2 nitrogen and oxygen atoms in total. The first-order valence-corrected chi connectivity index (χ1v) is 7.16. The van der Waals surface area contributed by atoms with Gasteiger partial charge in [0.15, 0.2) is 0 Å². The van der Waals surface area contributed by atoms with E-state index in [0.717, 1.165) is 17.9 Å². The summed E-state index contributed by atoms with van der Waals surface area (Å²) >= 11 is 0. The molecule has 2 rings (SSSR count). The van der Waals surface area contributed by atoms with Crippen molar-refractivity contribution in [1.29, 1.82) is 0 Å². The van der Waals surface area contributed by atoms with Crippen LogP contribution in [0.25, 0.3) is 0 Å². The highest BCUT2D eigenvalue weighted by molar-refractivity contribution is 4.85. The van der Waals surface area contributed by atoms with Crippen molar-refractivity contribution in [3.05, 3.63) is 0 Å². The SMILES string of the molecule is CC1CC(C)N(CC2CCCCCC2N)C1. The average molecular weight is 224 g/mol. The number of hydrogen-bond acceptors (Lipinski definition) is 2. The normalized spacial score (nSPS) is 42.2. The Morgan fingerprint density at radius 1 is 1.12 bits per heavy atom. The highest BCUT2D eigenvalue weighted by Crippen LogP contribution is 2.28. The van der Waals surface area contributed by atoms with E-state index in [1.165, 1.54) is 51.6 Å². The Labute approximate surface area is 101 Å². The predicted octanol–water partition coefficient (Wildman–Crippen LogP) is 2.62. The van der Waals surface area contributed by atoms with Crippen LogP contribution < -0.4 is 5.73 Å². The second kappa shape index (κ2) is 5.50. The zero-order valence-electron chi connectivity index (χ0n) is 11.0. The van der Waals surface area contributed by atoms with E-state index >= 15 is 0 Å². The van der Waals surface area contributed by atoms with Gasteiger partial charge in [0.05, 0.1) is 0 Å². The van der Waals surface area contributed by atoms with Crippen LogP contribution in [0.4, 0.5) is 0 Å². The topological polar surface area (TPSA) is 29.3 Å². The third-order valence-electron chi connectivity index (χ3n) is 4.60. The second-order valence-corrected chi connectivity index (χ2v) is 6.21. The molecule has 94 valence electrons. The molecule has 2 fully saturated rings. The van der Waals surface area contributed by atoms with Crippen molar-refractivity contribution >= 4 is 0 Å². The summed E-state index contributed by atoms with van der Waals surface area (Å²) in [5, 5.41) is 0. The van der Waals surface area contributed by atoms with Crippen LogP contribution in [0.2, 0.25) is 0 Å². The molecule has 0 spiro atoms. The van der Waals surface area contributed by atoms with Crippen LogP contribution in [0.1, 0.15) is 52.4 Å². The van der Waals surface area contributed by atoms with Crippen LogP contribution in [-0.4, -0.2) is 30.1 Å². The van der Waals surface area contributed by atoms with E-state index in [0.29, 0.717) is 6.04 Å². The first-order valence-electron chi connectivity index (χ1n) is 7.16. The number of likely N-dealkylation sites (tertiary alicyclic amines) is 1. The Morgan fingerprint density at radius 2 is 1.88 bits per heavy atom. The monoisotopic (exact) mass is 224 g/mol. The summed E-state index contributed by atoms with van der Waals surface area (Å²) in [4.78, 5) is 2.68. The fourth-order valence-electron chi connectivity index (χ4n) is 3.58. The van der Waals surface area contributed by atoms with E-state index in [1.54, 1.807) is 0 Å². The van der Waals surface area contributed by atoms with Crippen molar-refractivity contribution in [2.45, 2.75) is 64.5 Å². The highest BCUT2D eigenvalue weighted by Gasteiger charge is 2.30. The van der Waals surface area contributed by atoms with Gasteiger partial charge in [0.25, 0.3) is 0 Å². The van der Waals surface area contributed by atoms with E-state index in [2.05, 4.69) is 18.7 Å². The first kappa shape index (κ1) is 12.4. The molecular weight excluding hydrogens is 196 g/mol. The Hall–Kier alpha value is -0.0800. The van der Waals surface area contributed by atoms with Gasteiger partial charge in [-0.3, -0.25) is 0 Å². The third kappa shape index (κ3) is 2.98. The molecule has 1 heterocycles. The average Bonchev–Trinajstić information content (AvgIpc) is 2.43. The fourth-order valence-corrected chi connectivity index (χ4v) is 3.58. The molecule has 0 aromatic heterocycles. The van der Waals surface area contributed by atoms with Crippen LogP contribution in [-0.2, 0) is 0 Å². The lowest BCUT2D eigenvalue weighted by Crippen LogP contribution is -2.40. The van der Waals surface area contributed by atoms with E-state index in [4.69, 9.17) is 5.73 Å². The Bertz CT molecular complexity index is 217. The van der Waals surface area contributed by atoms with Crippen molar-refractivity contribution in [1.82, 2.24) is 4.90 Å². The molecule has 4 unspecified atom stereocenters. The van der Waals surface area contributed by atoms with Crippen molar-refractivity contribution in [3.63, 3.8) is 0 Å². The van der Waals surface area contributed by atoms with Gasteiger partial charge in [0, 0.05) is 25.2 Å². The fraction of sp³-hybridized carbons (Fsp3) is 1.00. The zero-order chi connectivity index (χ0) is 11.5. The summed E-state index contributed by atoms with van der Waals surface area (Å²) in [6.45, 7) is 7.31. The van der Waals surface area contributed by atoms with Gasteiger partial charge in [-0.15, -0.1) is 0 Å². The molecule has 2 heteroatoms. The van der Waals surface area contributed by atoms with Gasteiger partial charge < -0.3 is 10.6 Å². The van der Waals surface area contributed by atoms with Crippen LogP contribution in [0.15, 0.2) is 0 Å². The zero-order valence-corrected chi connectivity index (χ0v) is 11.0. The van der Waals surface area contributed by atoms with Crippen molar-refractivity contribution in [2.75, 3.05) is 13.1 Å². The lowest BCUT2D eigenvalue weighted by molar-refractivity contribution is 0.199. The van der Waals surface area contributed by atoms with Gasteiger partial charge in [0.1, 0.15) is 0 Å². The number of nitrogens with two attached hydrogens (primary N) is 1. The third-order valence-corrected chi connectivity index (χ3v) is 4.60. The molecule has 1 aliphatic heterocycles. The van der Waals surface area contributed by atoms with Crippen LogP contribution in [0, 0.1) is 11.8 Å². The summed E-state index contributed by atoms with van der Waals surface area (Å²) in [7, 11) is 0. The van der Waals surface area contributed by atoms with Crippen molar-refractivity contribution < 1.29 is 0 Å². The van der Waals surface area contributed by atoms with Crippen LogP contribution in [0.3, 0.4) is 0 Å². The standard InChI is InChI=1S/C14H28N2/c1-11-8-12(2)16(9-11)10-13-6-4-3-5-7-14(13)15/h11-14H,3-10,15H2,1-2H3. The van der Waals surface area contributed by atoms with Gasteiger partial charge in [-0.1, -0.05) is 26.2 Å². The molecule has 2 N–H and O–H groups in total. The van der Waals surface area contributed by atoms with Gasteiger partial charge >= 0.3 is 0 Å². The summed E-state index contributed by atoms with van der Waals surface area (Å²) in [5.41, 5.74) is 6.31. The van der Waals surface area contributed by atoms with Crippen LogP contribution >= 0.6 is 0 Å². The number of rotatable bonds is 2. The lowest BCUT2D eigenvalue weighted by Gasteiger charge is -2.29. The Balaban J connectivity index is 1.87. The predicted molar refractivity (Wildman–Crippen MR) is 69.4 cm³/mol. The maximum atomic E-state index is 6.31. The molecule has 0 amide bonds. The molecule has 0 bridgehead atoms. The first-order chi connectivity index (χ1) is 7.66. The molecule has 0 radical (unpaired) electrons. The van der Waals surface area contributed by atoms with Gasteiger partial charge in [-0.2, -0.15) is 0 Å². The molecule has 2 aliphatic rings. The summed E-state index contributed by atoms with van der Waals surface area (Å²) in [5.74, 6) is 1.65. The maximum Gasteiger partial charge on any atom is 0.00793 e. The van der Waals surface area contributed by atoms with Gasteiger partial charge in [-0.05, 0) is 38.0 Å². The minimum absolute atomic E-state index is 0.464. The quantitative estimate of drug-likeness (QED) is 0.731. The van der Waals surface area contributed by atoms with Crippen molar-refractivity contribution in [2.24, 2.45) is 17.6 Å². The largest absolute Gasteiger partial charge is 0.327 e. The summed E-state index contributed by atoms with van der Waals surface area (Å²) in [6, 6.07) is 1.25. The smallest absolute Gasteiger partial charge is 0.00793 e. The molecule has 0 aromatic rings. The Morgan fingerprint density at radius 3 is 2.56 bits per heavy atom. The molecule has 1 aliphatic carbocycles. The highest BCUT2D eigenvalue weighted by atomic mass is 15.2. The molecular formula is C14H28N2. The number of nitrogens with zero attached hydrogens (tertiary/aromatic N) is 1. The minimum Gasteiger partial charge on any atom is -0.327 e. The van der Waals surface area contributed by atoms with Crippen molar-refractivity contribution in [3.8, 4) is 0 Å². The maximum absolute atomic E-state index is 6.31. The van der Waals surface area contributed by atoms with Crippen LogP contribution in [0.5, 0.6) is 0 Å². The Kier molecular flexibility index (Phi) is 4.26. The molecule has 16 heavy (non-hydrogen) atoms. The van der Waals surface area contributed by atoms with E-state index in [-0.39, 0.29) is 0 Å². The number of hydrogen-bond donors (Lipinski definition) is 1. The van der Waals surface area contributed by atoms with E-state index in [1.807, 2.05) is 0 Å². The second-order valence-electron chi connectivity index (χ2n) is 6.21. The summed E-state index contributed by atoms with van der Waals surface area (Å²) < 4.78 is 0. The lowest BCUT2D eigenvalue weighted by atomic mass is 9.95. The van der Waals surface area contributed by atoms with Gasteiger partial charge in [0.2, 0.25) is 0 Å². The molecule has 4 atom stereocenters. The molecule has 0 aromatic carbocycles. The van der Waals surface area contributed by atoms with E-state index < -0.39 is 0 Å². The molecule has 1 saturated carbocycles. The summed E-state index contributed by atoms with van der Waals surface area (Å²) in [6.07, 6.45) is 8.14. The van der Waals surface area contributed by atoms with E-state index in [9.17, 15) is 0 Å². The van der Waals surface area contributed by atoms with Gasteiger partial charge in [-0.25, -0.2) is 0 Å². The molecule has 1 saturated heterocycles. The minimum atomic E-state index is 0.464.